The van der Waals surface area contributed by atoms with Crippen LogP contribution in [0.5, 0.6) is 0 Å². The first-order valence-electron chi connectivity index (χ1n) is 6.69. The quantitative estimate of drug-likeness (QED) is 0.790. The Balaban J connectivity index is 2.21. The third kappa shape index (κ3) is 2.42. The fourth-order valence-corrected chi connectivity index (χ4v) is 3.02. The van der Waals surface area contributed by atoms with E-state index in [9.17, 15) is 4.39 Å². The molecule has 4 nitrogen and oxygen atoms in total. The molecule has 3 aromatic rings. The van der Waals surface area contributed by atoms with E-state index in [0.717, 1.165) is 16.0 Å². The van der Waals surface area contributed by atoms with E-state index in [-0.39, 0.29) is 5.82 Å². The molecule has 0 aliphatic rings. The van der Waals surface area contributed by atoms with Crippen molar-refractivity contribution < 1.29 is 4.39 Å². The van der Waals surface area contributed by atoms with Crippen molar-refractivity contribution in [1.82, 2.24) is 9.97 Å². The van der Waals surface area contributed by atoms with Crippen LogP contribution in [0.4, 0.5) is 21.8 Å². The monoisotopic (exact) mass is 302 g/mol. The van der Waals surface area contributed by atoms with Crippen molar-refractivity contribution in [2.45, 2.75) is 6.92 Å². The summed E-state index contributed by atoms with van der Waals surface area (Å²) in [5.41, 5.74) is 0.522. The Kier molecular flexibility index (Phi) is 3.70. The minimum atomic E-state index is -0.257. The fraction of sp³-hybridized carbons (Fsp3) is 0.200. The molecule has 0 unspecified atom stereocenters. The van der Waals surface area contributed by atoms with Gasteiger partial charge < -0.3 is 10.2 Å². The highest BCUT2D eigenvalue weighted by atomic mass is 32.1. The largest absolute Gasteiger partial charge is 0.357 e. The smallest absolute Gasteiger partial charge is 0.225 e. The molecule has 0 fully saturated rings. The van der Waals surface area contributed by atoms with E-state index in [1.54, 1.807) is 30.5 Å². The molecular weight excluding hydrogens is 287 g/mol. The van der Waals surface area contributed by atoms with Crippen molar-refractivity contribution >= 4 is 39.0 Å². The lowest BCUT2D eigenvalue weighted by molar-refractivity contribution is 0.625. The number of hydrogen-bond acceptors (Lipinski definition) is 5. The zero-order chi connectivity index (χ0) is 14.8. The Labute approximate surface area is 126 Å². The Bertz CT molecular complexity index is 771. The Morgan fingerprint density at radius 3 is 2.76 bits per heavy atom. The normalized spacial score (nSPS) is 10.8. The van der Waals surface area contributed by atoms with Gasteiger partial charge in [0.25, 0.3) is 0 Å². The summed E-state index contributed by atoms with van der Waals surface area (Å²) in [5.74, 6) is 1.00. The number of anilines is 3. The number of benzene rings is 1. The van der Waals surface area contributed by atoms with E-state index in [2.05, 4.69) is 15.3 Å². The van der Waals surface area contributed by atoms with Gasteiger partial charge in [-0.15, -0.1) is 11.3 Å². The number of nitrogens with one attached hydrogen (secondary N) is 1. The summed E-state index contributed by atoms with van der Waals surface area (Å²) in [6, 6.07) is 8.71. The fourth-order valence-electron chi connectivity index (χ4n) is 2.26. The van der Waals surface area contributed by atoms with Crippen molar-refractivity contribution in [2.24, 2.45) is 0 Å². The minimum absolute atomic E-state index is 0.257. The molecule has 0 amide bonds. The third-order valence-electron chi connectivity index (χ3n) is 3.24. The van der Waals surface area contributed by atoms with Gasteiger partial charge >= 0.3 is 0 Å². The second kappa shape index (κ2) is 5.65. The molecule has 1 N–H and O–H groups in total. The topological polar surface area (TPSA) is 41.1 Å². The summed E-state index contributed by atoms with van der Waals surface area (Å²) in [7, 11) is 1.78. The summed E-state index contributed by atoms with van der Waals surface area (Å²) in [5, 5.41) is 5.86. The van der Waals surface area contributed by atoms with E-state index in [1.165, 1.54) is 6.07 Å². The molecule has 0 spiro atoms. The summed E-state index contributed by atoms with van der Waals surface area (Å²) in [6.45, 7) is 2.60. The predicted octanol–water partition coefficient (Wildman–Crippen LogP) is 4.03. The van der Waals surface area contributed by atoms with E-state index in [4.69, 9.17) is 0 Å². The van der Waals surface area contributed by atoms with Crippen molar-refractivity contribution in [1.29, 1.82) is 0 Å². The molecule has 1 aromatic carbocycles. The maximum atomic E-state index is 14.1. The van der Waals surface area contributed by atoms with Gasteiger partial charge in [0.05, 0.1) is 11.1 Å². The van der Waals surface area contributed by atoms with Gasteiger partial charge in [-0.2, -0.15) is 4.98 Å². The third-order valence-corrected chi connectivity index (χ3v) is 4.05. The van der Waals surface area contributed by atoms with Crippen LogP contribution in [0, 0.1) is 5.82 Å². The van der Waals surface area contributed by atoms with E-state index >= 15 is 0 Å². The second-order valence-electron chi connectivity index (χ2n) is 4.46. The number of thiophene rings is 1. The molecule has 0 bridgehead atoms. The van der Waals surface area contributed by atoms with Crippen LogP contribution in [-0.2, 0) is 0 Å². The number of nitrogens with zero attached hydrogens (tertiary/aromatic N) is 3. The first-order chi connectivity index (χ1) is 10.2. The Morgan fingerprint density at radius 1 is 1.24 bits per heavy atom. The number of para-hydroxylation sites is 1. The molecule has 2 aromatic heterocycles. The van der Waals surface area contributed by atoms with Crippen LogP contribution in [0.25, 0.3) is 10.2 Å². The maximum Gasteiger partial charge on any atom is 0.225 e. The minimum Gasteiger partial charge on any atom is -0.357 e. The molecule has 0 atom stereocenters. The van der Waals surface area contributed by atoms with Gasteiger partial charge in [0.1, 0.15) is 16.5 Å². The van der Waals surface area contributed by atoms with Crippen LogP contribution in [0.15, 0.2) is 35.7 Å². The van der Waals surface area contributed by atoms with Crippen LogP contribution < -0.4 is 10.2 Å². The number of aromatic nitrogens is 2. The average Bonchev–Trinajstić information content (AvgIpc) is 2.98. The summed E-state index contributed by atoms with van der Waals surface area (Å²) < 4.78 is 14.1. The lowest BCUT2D eigenvalue weighted by atomic mass is 10.2. The van der Waals surface area contributed by atoms with Gasteiger partial charge in [0, 0.05) is 13.6 Å². The summed E-state index contributed by atoms with van der Waals surface area (Å²) in [4.78, 5) is 11.7. The summed E-state index contributed by atoms with van der Waals surface area (Å²) in [6.07, 6.45) is 0. The second-order valence-corrected chi connectivity index (χ2v) is 5.35. The van der Waals surface area contributed by atoms with E-state index in [1.807, 2.05) is 29.3 Å². The highest BCUT2D eigenvalue weighted by molar-refractivity contribution is 7.16. The highest BCUT2D eigenvalue weighted by Crippen LogP contribution is 2.34. The van der Waals surface area contributed by atoms with Crippen molar-refractivity contribution in [3.8, 4) is 0 Å². The number of halogens is 1. The predicted molar refractivity (Wildman–Crippen MR) is 86.0 cm³/mol. The van der Waals surface area contributed by atoms with Gasteiger partial charge in [-0.1, -0.05) is 12.1 Å². The maximum absolute atomic E-state index is 14.1. The van der Waals surface area contributed by atoms with Crippen molar-refractivity contribution in [2.75, 3.05) is 23.8 Å². The van der Waals surface area contributed by atoms with Crippen LogP contribution in [0.2, 0.25) is 0 Å². The SMILES string of the molecule is CCN(c1ccccc1F)c1nc(NC)nc2sccc12. The Hall–Kier alpha value is -2.21. The first kappa shape index (κ1) is 13.8. The molecule has 0 radical (unpaired) electrons. The molecule has 21 heavy (non-hydrogen) atoms. The van der Waals surface area contributed by atoms with Gasteiger partial charge in [-0.3, -0.25) is 0 Å². The van der Waals surface area contributed by atoms with Gasteiger partial charge in [0.2, 0.25) is 5.95 Å². The zero-order valence-corrected chi connectivity index (χ0v) is 12.6. The molecule has 0 saturated carbocycles. The molecule has 0 aliphatic carbocycles. The number of fused-ring (bicyclic) bond motifs is 1. The highest BCUT2D eigenvalue weighted by Gasteiger charge is 2.18. The van der Waals surface area contributed by atoms with Crippen LogP contribution >= 0.6 is 11.3 Å². The summed E-state index contributed by atoms with van der Waals surface area (Å²) >= 11 is 1.55. The van der Waals surface area contributed by atoms with Gasteiger partial charge in [-0.25, -0.2) is 9.37 Å². The standard InChI is InChI=1S/C15H15FN4S/c1-3-20(12-7-5-4-6-11(12)16)13-10-8-9-21-14(10)19-15(17-2)18-13/h4-9H,3H2,1-2H3,(H,17,18,19). The van der Waals surface area contributed by atoms with Crippen LogP contribution in [0.1, 0.15) is 6.92 Å². The first-order valence-corrected chi connectivity index (χ1v) is 7.57. The van der Waals surface area contributed by atoms with E-state index in [0.29, 0.717) is 18.2 Å². The van der Waals surface area contributed by atoms with Crippen molar-refractivity contribution in [3.63, 3.8) is 0 Å². The van der Waals surface area contributed by atoms with Crippen molar-refractivity contribution in [3.05, 3.63) is 41.5 Å². The average molecular weight is 302 g/mol. The number of hydrogen-bond donors (Lipinski definition) is 1. The molecule has 6 heteroatoms. The zero-order valence-electron chi connectivity index (χ0n) is 11.8. The van der Waals surface area contributed by atoms with Gasteiger partial charge in [0.15, 0.2) is 0 Å². The molecule has 2 heterocycles. The van der Waals surface area contributed by atoms with E-state index < -0.39 is 0 Å². The lowest BCUT2D eigenvalue weighted by Crippen LogP contribution is -2.19. The Morgan fingerprint density at radius 2 is 2.05 bits per heavy atom. The van der Waals surface area contributed by atoms with Crippen LogP contribution in [0.3, 0.4) is 0 Å². The molecular formula is C15H15FN4S. The molecule has 3 rings (SSSR count). The number of rotatable bonds is 4. The molecule has 0 saturated heterocycles. The lowest BCUT2D eigenvalue weighted by Gasteiger charge is -2.23. The molecule has 108 valence electrons. The van der Waals surface area contributed by atoms with Gasteiger partial charge in [-0.05, 0) is 30.5 Å². The van der Waals surface area contributed by atoms with Crippen LogP contribution in [-0.4, -0.2) is 23.6 Å². The molecule has 0 aliphatic heterocycles.